The van der Waals surface area contributed by atoms with E-state index in [2.05, 4.69) is 10.8 Å². The quantitative estimate of drug-likeness (QED) is 0.840. The highest BCUT2D eigenvalue weighted by Gasteiger charge is 2.37. The predicted octanol–water partition coefficient (Wildman–Crippen LogP) is 2.18. The highest BCUT2D eigenvalue weighted by atomic mass is 32.2. The van der Waals surface area contributed by atoms with Gasteiger partial charge in [0.25, 0.3) is 0 Å². The fourth-order valence-corrected chi connectivity index (χ4v) is 3.83. The van der Waals surface area contributed by atoms with Crippen LogP contribution in [0, 0.1) is 16.7 Å². The monoisotopic (exact) mass is 258 g/mol. The van der Waals surface area contributed by atoms with Crippen LogP contribution in [-0.4, -0.2) is 19.7 Å². The van der Waals surface area contributed by atoms with Crippen molar-refractivity contribution in [2.24, 2.45) is 5.41 Å². The summed E-state index contributed by atoms with van der Waals surface area (Å²) in [6.07, 6.45) is 3.73. The standard InChI is InChI=1S/C12H22N2O2S/c1-11(2,3)8-9-17(15,16)14-12(10-13)6-4-5-7-12/h14H,4-9H2,1-3H3. The molecular weight excluding hydrogens is 236 g/mol. The van der Waals surface area contributed by atoms with Gasteiger partial charge in [0, 0.05) is 0 Å². The Kier molecular flexibility index (Phi) is 4.21. The Balaban J connectivity index is 2.64. The molecule has 1 aliphatic carbocycles. The first-order chi connectivity index (χ1) is 7.68. The van der Waals surface area contributed by atoms with E-state index in [0.29, 0.717) is 19.3 Å². The van der Waals surface area contributed by atoms with E-state index >= 15 is 0 Å². The molecule has 0 aromatic rings. The molecule has 0 aromatic carbocycles. The van der Waals surface area contributed by atoms with Crippen LogP contribution in [0.25, 0.3) is 0 Å². The minimum absolute atomic E-state index is 0.00969. The van der Waals surface area contributed by atoms with E-state index in [1.165, 1.54) is 0 Å². The van der Waals surface area contributed by atoms with E-state index in [9.17, 15) is 8.42 Å². The normalized spacial score (nSPS) is 20.1. The highest BCUT2D eigenvalue weighted by molar-refractivity contribution is 7.89. The van der Waals surface area contributed by atoms with Gasteiger partial charge in [-0.15, -0.1) is 0 Å². The second-order valence-electron chi connectivity index (χ2n) is 6.13. The van der Waals surface area contributed by atoms with Gasteiger partial charge >= 0.3 is 0 Å². The lowest BCUT2D eigenvalue weighted by molar-refractivity contribution is 0.394. The van der Waals surface area contributed by atoms with Crippen LogP contribution in [0.3, 0.4) is 0 Å². The van der Waals surface area contributed by atoms with Gasteiger partial charge in [0.05, 0.1) is 11.8 Å². The molecule has 0 radical (unpaired) electrons. The van der Waals surface area contributed by atoms with E-state index in [1.807, 2.05) is 20.8 Å². The van der Waals surface area contributed by atoms with Crippen molar-refractivity contribution in [3.05, 3.63) is 0 Å². The van der Waals surface area contributed by atoms with Gasteiger partial charge < -0.3 is 0 Å². The smallest absolute Gasteiger partial charge is 0.212 e. The van der Waals surface area contributed by atoms with Gasteiger partial charge in [0.2, 0.25) is 10.0 Å². The Labute approximate surface area is 104 Å². The molecule has 5 heteroatoms. The molecule has 0 bridgehead atoms. The lowest BCUT2D eigenvalue weighted by Crippen LogP contribution is -2.46. The van der Waals surface area contributed by atoms with Crippen LogP contribution < -0.4 is 4.72 Å². The lowest BCUT2D eigenvalue weighted by Gasteiger charge is -2.23. The van der Waals surface area contributed by atoms with Gasteiger partial charge in [-0.05, 0) is 24.7 Å². The maximum atomic E-state index is 11.9. The molecule has 0 aliphatic heterocycles. The average molecular weight is 258 g/mol. The van der Waals surface area contributed by atoms with Crippen LogP contribution in [0.2, 0.25) is 0 Å². The van der Waals surface area contributed by atoms with Gasteiger partial charge in [0.15, 0.2) is 0 Å². The Morgan fingerprint density at radius 2 is 1.82 bits per heavy atom. The zero-order valence-electron chi connectivity index (χ0n) is 10.9. The molecule has 1 rings (SSSR count). The molecule has 0 spiro atoms. The summed E-state index contributed by atoms with van der Waals surface area (Å²) in [6.45, 7) is 6.04. The van der Waals surface area contributed by atoms with E-state index < -0.39 is 15.6 Å². The highest BCUT2D eigenvalue weighted by Crippen LogP contribution is 2.30. The SMILES string of the molecule is CC(C)(C)CCS(=O)(=O)NC1(C#N)CCCC1. The Morgan fingerprint density at radius 1 is 1.29 bits per heavy atom. The molecular formula is C12H22N2O2S. The van der Waals surface area contributed by atoms with Crippen LogP contribution in [-0.2, 0) is 10.0 Å². The molecule has 1 N–H and O–H groups in total. The largest absolute Gasteiger partial charge is 0.212 e. The van der Waals surface area contributed by atoms with Crippen LogP contribution in [0.4, 0.5) is 0 Å². The van der Waals surface area contributed by atoms with E-state index in [4.69, 9.17) is 5.26 Å². The third-order valence-corrected chi connectivity index (χ3v) is 4.59. The Bertz CT molecular complexity index is 395. The van der Waals surface area contributed by atoms with Crippen molar-refractivity contribution in [3.8, 4) is 6.07 Å². The van der Waals surface area contributed by atoms with E-state index in [1.54, 1.807) is 0 Å². The van der Waals surface area contributed by atoms with Crippen LogP contribution in [0.1, 0.15) is 52.9 Å². The molecule has 1 saturated carbocycles. The zero-order chi connectivity index (χ0) is 13.2. The van der Waals surface area contributed by atoms with Gasteiger partial charge in [0.1, 0.15) is 5.54 Å². The Hall–Kier alpha value is -0.600. The maximum absolute atomic E-state index is 11.9. The van der Waals surface area contributed by atoms with Crippen LogP contribution >= 0.6 is 0 Å². The Morgan fingerprint density at radius 3 is 2.24 bits per heavy atom. The number of nitrogens with zero attached hydrogens (tertiary/aromatic N) is 1. The van der Waals surface area contributed by atoms with E-state index in [0.717, 1.165) is 12.8 Å². The lowest BCUT2D eigenvalue weighted by atomic mass is 9.94. The molecule has 0 unspecified atom stereocenters. The first-order valence-electron chi connectivity index (χ1n) is 6.11. The summed E-state index contributed by atoms with van der Waals surface area (Å²) in [5, 5.41) is 9.13. The summed E-state index contributed by atoms with van der Waals surface area (Å²) < 4.78 is 26.5. The first kappa shape index (κ1) is 14.5. The average Bonchev–Trinajstić information content (AvgIpc) is 2.63. The summed E-state index contributed by atoms with van der Waals surface area (Å²) in [7, 11) is -3.34. The summed E-state index contributed by atoms with van der Waals surface area (Å²) in [5.74, 6) is 0.0972. The van der Waals surface area contributed by atoms with Gasteiger partial charge in [-0.2, -0.15) is 9.98 Å². The topological polar surface area (TPSA) is 70.0 Å². The minimum atomic E-state index is -3.34. The van der Waals surface area contributed by atoms with E-state index in [-0.39, 0.29) is 11.2 Å². The molecule has 0 atom stereocenters. The van der Waals surface area contributed by atoms with Crippen LogP contribution in [0.15, 0.2) is 0 Å². The van der Waals surface area contributed by atoms with Gasteiger partial charge in [-0.25, -0.2) is 8.42 Å². The molecule has 0 saturated heterocycles. The van der Waals surface area contributed by atoms with Gasteiger partial charge in [-0.3, -0.25) is 0 Å². The van der Waals surface area contributed by atoms with Crippen molar-refractivity contribution in [2.75, 3.05) is 5.75 Å². The van der Waals surface area contributed by atoms with Crippen molar-refractivity contribution in [1.29, 1.82) is 5.26 Å². The van der Waals surface area contributed by atoms with Crippen molar-refractivity contribution in [2.45, 2.75) is 58.4 Å². The fourth-order valence-electron chi connectivity index (χ4n) is 2.00. The molecule has 0 aromatic heterocycles. The number of hydrogen-bond acceptors (Lipinski definition) is 3. The fraction of sp³-hybridized carbons (Fsp3) is 0.917. The zero-order valence-corrected chi connectivity index (χ0v) is 11.7. The van der Waals surface area contributed by atoms with Crippen molar-refractivity contribution in [1.82, 2.24) is 4.72 Å². The molecule has 98 valence electrons. The second kappa shape index (κ2) is 4.95. The van der Waals surface area contributed by atoms with Gasteiger partial charge in [-0.1, -0.05) is 33.6 Å². The molecule has 1 fully saturated rings. The second-order valence-corrected chi connectivity index (χ2v) is 7.97. The first-order valence-corrected chi connectivity index (χ1v) is 7.76. The molecule has 1 aliphatic rings. The molecule has 17 heavy (non-hydrogen) atoms. The number of sulfonamides is 1. The number of nitrogens with one attached hydrogen (secondary N) is 1. The third-order valence-electron chi connectivity index (χ3n) is 3.14. The number of nitriles is 1. The third kappa shape index (κ3) is 4.64. The van der Waals surface area contributed by atoms with Crippen molar-refractivity contribution >= 4 is 10.0 Å². The molecule has 4 nitrogen and oxygen atoms in total. The summed E-state index contributed by atoms with van der Waals surface area (Å²) >= 11 is 0. The minimum Gasteiger partial charge on any atom is -0.212 e. The maximum Gasteiger partial charge on any atom is 0.212 e. The predicted molar refractivity (Wildman–Crippen MR) is 67.8 cm³/mol. The number of hydrogen-bond donors (Lipinski definition) is 1. The van der Waals surface area contributed by atoms with Crippen LogP contribution in [0.5, 0.6) is 0 Å². The molecule has 0 heterocycles. The molecule has 0 amide bonds. The summed E-state index contributed by atoms with van der Waals surface area (Å²) in [6, 6.07) is 2.14. The number of rotatable bonds is 4. The summed E-state index contributed by atoms with van der Waals surface area (Å²) in [5.41, 5.74) is -0.846. The van der Waals surface area contributed by atoms with Crippen molar-refractivity contribution < 1.29 is 8.42 Å². The van der Waals surface area contributed by atoms with Crippen molar-refractivity contribution in [3.63, 3.8) is 0 Å². The summed E-state index contributed by atoms with van der Waals surface area (Å²) in [4.78, 5) is 0.